The molecule has 0 aliphatic rings. The molecule has 0 heterocycles. The molecule has 0 N–H and O–H groups in total. The fraction of sp³-hybridized carbons (Fsp3) is 0.143. The Bertz CT molecular complexity index is 569. The first-order valence-electron chi connectivity index (χ1n) is 5.77. The van der Waals surface area contributed by atoms with Crippen molar-refractivity contribution >= 4 is 21.6 Å². The number of para-hydroxylation sites is 1. The number of ether oxygens (including phenoxy) is 1. The average Bonchev–Trinajstić information content (AvgIpc) is 2.41. The van der Waals surface area contributed by atoms with E-state index in [-0.39, 0.29) is 10.6 Å². The molecule has 0 atom stereocenters. The molecule has 19 heavy (non-hydrogen) atoms. The maximum Gasteiger partial charge on any atom is 0.272 e. The molecule has 2 rings (SSSR count). The smallest absolute Gasteiger partial charge is 0.272 e. The molecule has 0 bridgehead atoms. The third kappa shape index (κ3) is 3.79. The van der Waals surface area contributed by atoms with Gasteiger partial charge in [-0.1, -0.05) is 34.1 Å². The van der Waals surface area contributed by atoms with E-state index in [2.05, 4.69) is 15.9 Å². The Kier molecular flexibility index (Phi) is 4.52. The Morgan fingerprint density at radius 3 is 2.47 bits per heavy atom. The van der Waals surface area contributed by atoms with Crippen LogP contribution in [0, 0.1) is 10.1 Å². The molecule has 0 radical (unpaired) electrons. The van der Waals surface area contributed by atoms with Gasteiger partial charge >= 0.3 is 0 Å². The van der Waals surface area contributed by atoms with Gasteiger partial charge in [-0.25, -0.2) is 0 Å². The first-order valence-corrected chi connectivity index (χ1v) is 6.57. The van der Waals surface area contributed by atoms with Gasteiger partial charge in [0.1, 0.15) is 5.75 Å². The lowest BCUT2D eigenvalue weighted by atomic mass is 10.1. The van der Waals surface area contributed by atoms with Crippen LogP contribution in [0.1, 0.15) is 5.56 Å². The number of nitrogens with zero attached hydrogens (tertiary/aromatic N) is 1. The van der Waals surface area contributed by atoms with E-state index in [4.69, 9.17) is 4.74 Å². The minimum atomic E-state index is -0.366. The van der Waals surface area contributed by atoms with Crippen molar-refractivity contribution in [3.8, 4) is 5.75 Å². The number of hydrogen-bond donors (Lipinski definition) is 0. The fourth-order valence-electron chi connectivity index (χ4n) is 1.71. The van der Waals surface area contributed by atoms with Crippen LogP contribution < -0.4 is 4.74 Å². The van der Waals surface area contributed by atoms with E-state index in [9.17, 15) is 10.1 Å². The van der Waals surface area contributed by atoms with Gasteiger partial charge in [-0.3, -0.25) is 10.1 Å². The van der Waals surface area contributed by atoms with Gasteiger partial charge in [0, 0.05) is 22.5 Å². The van der Waals surface area contributed by atoms with Gasteiger partial charge in [-0.05, 0) is 24.3 Å². The number of rotatable bonds is 5. The number of nitro benzene ring substituents is 1. The zero-order valence-electron chi connectivity index (χ0n) is 10.1. The second-order valence-corrected chi connectivity index (χ2v) is 4.85. The van der Waals surface area contributed by atoms with E-state index >= 15 is 0 Å². The summed E-state index contributed by atoms with van der Waals surface area (Å²) in [5, 5.41) is 10.9. The van der Waals surface area contributed by atoms with Crippen LogP contribution in [0.3, 0.4) is 0 Å². The highest BCUT2D eigenvalue weighted by Gasteiger charge is 2.11. The Morgan fingerprint density at radius 2 is 1.79 bits per heavy atom. The number of halogens is 1. The largest absolute Gasteiger partial charge is 0.493 e. The standard InChI is InChI=1S/C14H12BrNO3/c15-12-5-7-13(8-6-12)19-10-9-11-3-1-2-4-14(11)16(17)18/h1-8H,9-10H2. The van der Waals surface area contributed by atoms with E-state index in [1.54, 1.807) is 18.2 Å². The second-order valence-electron chi connectivity index (χ2n) is 3.94. The van der Waals surface area contributed by atoms with Crippen molar-refractivity contribution in [3.63, 3.8) is 0 Å². The molecule has 2 aromatic rings. The summed E-state index contributed by atoms with van der Waals surface area (Å²) in [5.74, 6) is 0.752. The molecule has 0 aromatic heterocycles. The Morgan fingerprint density at radius 1 is 1.11 bits per heavy atom. The van der Waals surface area contributed by atoms with Crippen molar-refractivity contribution in [3.05, 3.63) is 68.7 Å². The zero-order valence-corrected chi connectivity index (χ0v) is 11.7. The number of nitro groups is 1. The van der Waals surface area contributed by atoms with Crippen LogP contribution >= 0.6 is 15.9 Å². The molecule has 0 spiro atoms. The van der Waals surface area contributed by atoms with E-state index in [1.165, 1.54) is 6.07 Å². The topological polar surface area (TPSA) is 52.4 Å². The Hall–Kier alpha value is -1.88. The van der Waals surface area contributed by atoms with Crippen molar-refractivity contribution in [2.75, 3.05) is 6.61 Å². The van der Waals surface area contributed by atoms with Gasteiger partial charge in [-0.15, -0.1) is 0 Å². The SMILES string of the molecule is O=[N+]([O-])c1ccccc1CCOc1ccc(Br)cc1. The average molecular weight is 322 g/mol. The normalized spacial score (nSPS) is 10.2. The third-order valence-corrected chi connectivity index (χ3v) is 3.17. The van der Waals surface area contributed by atoms with E-state index in [1.807, 2.05) is 24.3 Å². The molecule has 98 valence electrons. The van der Waals surface area contributed by atoms with E-state index in [0.29, 0.717) is 18.6 Å². The predicted molar refractivity (Wildman–Crippen MR) is 76.4 cm³/mol. The summed E-state index contributed by atoms with van der Waals surface area (Å²) in [6.07, 6.45) is 0.507. The number of hydrogen-bond acceptors (Lipinski definition) is 3. The van der Waals surface area contributed by atoms with Gasteiger partial charge in [-0.2, -0.15) is 0 Å². The molecule has 0 aliphatic carbocycles. The molecule has 2 aromatic carbocycles. The lowest BCUT2D eigenvalue weighted by molar-refractivity contribution is -0.385. The summed E-state index contributed by atoms with van der Waals surface area (Å²) in [6, 6.07) is 14.2. The highest BCUT2D eigenvalue weighted by Crippen LogP contribution is 2.19. The molecule has 0 aliphatic heterocycles. The fourth-order valence-corrected chi connectivity index (χ4v) is 1.97. The Labute approximate surface area is 119 Å². The van der Waals surface area contributed by atoms with Crippen LogP contribution in [-0.2, 0) is 6.42 Å². The maximum absolute atomic E-state index is 10.9. The molecule has 0 amide bonds. The number of benzene rings is 2. The minimum absolute atomic E-state index is 0.141. The van der Waals surface area contributed by atoms with Crippen LogP contribution in [0.4, 0.5) is 5.69 Å². The molecule has 0 saturated carbocycles. The minimum Gasteiger partial charge on any atom is -0.493 e. The van der Waals surface area contributed by atoms with Gasteiger partial charge in [0.05, 0.1) is 11.5 Å². The van der Waals surface area contributed by atoms with Crippen molar-refractivity contribution in [2.24, 2.45) is 0 Å². The molecule has 4 nitrogen and oxygen atoms in total. The highest BCUT2D eigenvalue weighted by atomic mass is 79.9. The lowest BCUT2D eigenvalue weighted by Crippen LogP contribution is -2.03. The van der Waals surface area contributed by atoms with E-state index < -0.39 is 0 Å². The molecular formula is C14H12BrNO3. The molecule has 0 unspecified atom stereocenters. The Balaban J connectivity index is 1.96. The summed E-state index contributed by atoms with van der Waals surface area (Å²) in [6.45, 7) is 0.409. The summed E-state index contributed by atoms with van der Waals surface area (Å²) in [5.41, 5.74) is 0.825. The van der Waals surface area contributed by atoms with E-state index in [0.717, 1.165) is 10.2 Å². The third-order valence-electron chi connectivity index (χ3n) is 2.64. The van der Waals surface area contributed by atoms with Gasteiger partial charge in [0.15, 0.2) is 0 Å². The van der Waals surface area contributed by atoms with Gasteiger partial charge in [0.25, 0.3) is 5.69 Å². The molecule has 0 saturated heterocycles. The predicted octanol–water partition coefficient (Wildman–Crippen LogP) is 3.98. The highest BCUT2D eigenvalue weighted by molar-refractivity contribution is 9.10. The quantitative estimate of drug-likeness (QED) is 0.618. The van der Waals surface area contributed by atoms with Crippen LogP contribution in [0.5, 0.6) is 5.75 Å². The summed E-state index contributed by atoms with van der Waals surface area (Å²) in [7, 11) is 0. The first kappa shape index (κ1) is 13.5. The zero-order chi connectivity index (χ0) is 13.7. The van der Waals surface area contributed by atoms with Crippen molar-refractivity contribution in [1.29, 1.82) is 0 Å². The lowest BCUT2D eigenvalue weighted by Gasteiger charge is -2.06. The van der Waals surface area contributed by atoms with Crippen LogP contribution in [-0.4, -0.2) is 11.5 Å². The summed E-state index contributed by atoms with van der Waals surface area (Å²) >= 11 is 3.35. The molecule has 5 heteroatoms. The summed E-state index contributed by atoms with van der Waals surface area (Å²) in [4.78, 5) is 10.5. The molecule has 0 fully saturated rings. The van der Waals surface area contributed by atoms with Crippen molar-refractivity contribution in [2.45, 2.75) is 6.42 Å². The van der Waals surface area contributed by atoms with Gasteiger partial charge < -0.3 is 4.74 Å². The maximum atomic E-state index is 10.9. The van der Waals surface area contributed by atoms with Crippen LogP contribution in [0.25, 0.3) is 0 Å². The second kappa shape index (κ2) is 6.33. The van der Waals surface area contributed by atoms with Crippen molar-refractivity contribution < 1.29 is 9.66 Å². The van der Waals surface area contributed by atoms with Gasteiger partial charge in [0.2, 0.25) is 0 Å². The van der Waals surface area contributed by atoms with Crippen LogP contribution in [0.2, 0.25) is 0 Å². The molecular weight excluding hydrogens is 310 g/mol. The first-order chi connectivity index (χ1) is 9.16. The summed E-state index contributed by atoms with van der Waals surface area (Å²) < 4.78 is 6.54. The van der Waals surface area contributed by atoms with Crippen LogP contribution in [0.15, 0.2) is 53.0 Å². The van der Waals surface area contributed by atoms with Crippen molar-refractivity contribution in [1.82, 2.24) is 0 Å². The monoisotopic (exact) mass is 321 g/mol.